The lowest BCUT2D eigenvalue weighted by Crippen LogP contribution is -2.37. The normalized spacial score (nSPS) is 26.3. The maximum absolute atomic E-state index is 13.5. The number of oxime groups is 1. The molecule has 0 spiro atoms. The number of ether oxygens (including phenoxy) is 1. The Morgan fingerprint density at radius 1 is 1.64 bits per heavy atom. The van der Waals surface area contributed by atoms with Crippen LogP contribution in [0.3, 0.4) is 0 Å². The first-order chi connectivity index (χ1) is 10.5. The number of carbonyl (C=O) groups is 1. The van der Waals surface area contributed by atoms with Crippen molar-refractivity contribution < 1.29 is 18.8 Å². The summed E-state index contributed by atoms with van der Waals surface area (Å²) in [6, 6.07) is 2.87. The molecule has 1 aliphatic heterocycles. The molecule has 1 heterocycles. The van der Waals surface area contributed by atoms with Crippen LogP contribution in [-0.2, 0) is 14.4 Å². The van der Waals surface area contributed by atoms with Gasteiger partial charge in [-0.1, -0.05) is 5.16 Å². The zero-order valence-corrected chi connectivity index (χ0v) is 13.7. The predicted molar refractivity (Wildman–Crippen MR) is 82.8 cm³/mol. The highest BCUT2D eigenvalue weighted by Crippen LogP contribution is 2.48. The number of nitrogen functional groups attached to an aromatic ring is 1. The Labute approximate surface area is 135 Å². The fraction of sp³-hybridized carbons (Fsp3) is 0.467. The summed E-state index contributed by atoms with van der Waals surface area (Å²) in [6.45, 7) is 0. The molecule has 1 aromatic carbocycles. The van der Waals surface area contributed by atoms with E-state index >= 15 is 0 Å². The third kappa shape index (κ3) is 2.37. The van der Waals surface area contributed by atoms with Gasteiger partial charge in [-0.25, -0.2) is 4.39 Å². The van der Waals surface area contributed by atoms with Crippen molar-refractivity contribution >= 4 is 33.3 Å². The number of hydrogen-bond acceptors (Lipinski definition) is 5. The number of methoxy groups -OCH3 is 1. The topological polar surface area (TPSA) is 73.9 Å². The average Bonchev–Trinajstić information content (AvgIpc) is 3.01. The van der Waals surface area contributed by atoms with Crippen LogP contribution in [0.25, 0.3) is 0 Å². The monoisotopic (exact) mass is 370 g/mol. The Bertz CT molecular complexity index is 664. The summed E-state index contributed by atoms with van der Waals surface area (Å²) in [5, 5.41) is 4.18. The number of rotatable bonds is 3. The van der Waals surface area contributed by atoms with Crippen LogP contribution in [-0.4, -0.2) is 24.4 Å². The van der Waals surface area contributed by atoms with Crippen LogP contribution in [0.1, 0.15) is 31.2 Å². The summed E-state index contributed by atoms with van der Waals surface area (Å²) in [4.78, 5) is 17.3. The highest BCUT2D eigenvalue weighted by Gasteiger charge is 2.54. The fourth-order valence-corrected chi connectivity index (χ4v) is 3.82. The summed E-state index contributed by atoms with van der Waals surface area (Å²) in [7, 11) is 1.36. The van der Waals surface area contributed by atoms with Gasteiger partial charge in [-0.05, 0) is 47.3 Å². The second-order valence-corrected chi connectivity index (χ2v) is 6.54. The van der Waals surface area contributed by atoms with Gasteiger partial charge in [0.25, 0.3) is 0 Å². The number of nitrogens with two attached hydrogens (primary N) is 1. The van der Waals surface area contributed by atoms with E-state index < -0.39 is 11.4 Å². The van der Waals surface area contributed by atoms with E-state index in [0.717, 1.165) is 19.3 Å². The van der Waals surface area contributed by atoms with Gasteiger partial charge in [-0.15, -0.1) is 0 Å². The lowest BCUT2D eigenvalue weighted by molar-refractivity contribution is -0.149. The first-order valence-corrected chi connectivity index (χ1v) is 7.84. The second kappa shape index (κ2) is 5.53. The van der Waals surface area contributed by atoms with Gasteiger partial charge in [-0.2, -0.15) is 0 Å². The Balaban J connectivity index is 1.94. The van der Waals surface area contributed by atoms with E-state index in [9.17, 15) is 9.18 Å². The van der Waals surface area contributed by atoms with Gasteiger partial charge >= 0.3 is 5.97 Å². The maximum atomic E-state index is 13.5. The number of nitrogens with zero attached hydrogens (tertiary/aromatic N) is 1. The largest absolute Gasteiger partial charge is 0.469 e. The summed E-state index contributed by atoms with van der Waals surface area (Å²) in [5.74, 6) is -0.823. The van der Waals surface area contributed by atoms with Crippen molar-refractivity contribution in [2.24, 2.45) is 11.1 Å². The van der Waals surface area contributed by atoms with Crippen molar-refractivity contribution in [1.29, 1.82) is 0 Å². The zero-order chi connectivity index (χ0) is 15.9. The molecule has 0 amide bonds. The SMILES string of the molecule is COC(=O)CC12CCCC1C(c1cc(N)c(F)cc1Br)=NO2. The van der Waals surface area contributed by atoms with E-state index in [1.807, 2.05) is 0 Å². The Kier molecular flexibility index (Phi) is 3.84. The van der Waals surface area contributed by atoms with E-state index in [-0.39, 0.29) is 24.0 Å². The molecule has 22 heavy (non-hydrogen) atoms. The molecular weight excluding hydrogens is 355 g/mol. The predicted octanol–water partition coefficient (Wildman–Crippen LogP) is 3.01. The molecule has 2 atom stereocenters. The van der Waals surface area contributed by atoms with Crippen LogP contribution in [0.4, 0.5) is 10.1 Å². The van der Waals surface area contributed by atoms with Gasteiger partial charge in [0.15, 0.2) is 5.60 Å². The summed E-state index contributed by atoms with van der Waals surface area (Å²) in [6.07, 6.45) is 2.71. The van der Waals surface area contributed by atoms with Crippen molar-refractivity contribution in [3.05, 3.63) is 28.0 Å². The van der Waals surface area contributed by atoms with E-state index in [0.29, 0.717) is 15.7 Å². The van der Waals surface area contributed by atoms with Crippen LogP contribution >= 0.6 is 15.9 Å². The maximum Gasteiger partial charge on any atom is 0.309 e. The number of halogens is 2. The van der Waals surface area contributed by atoms with Crippen molar-refractivity contribution in [3.63, 3.8) is 0 Å². The summed E-state index contributed by atoms with van der Waals surface area (Å²) in [5.41, 5.74) is 6.49. The molecule has 0 radical (unpaired) electrons. The van der Waals surface area contributed by atoms with E-state index in [2.05, 4.69) is 21.1 Å². The minimum atomic E-state index is -0.648. The van der Waals surface area contributed by atoms with Gasteiger partial charge in [0.2, 0.25) is 0 Å². The summed E-state index contributed by atoms with van der Waals surface area (Å²) < 4.78 is 18.9. The standard InChI is InChI=1S/C15H16BrFN2O3/c1-21-13(20)7-15-4-2-3-9(15)14(19-22-15)8-5-12(18)11(17)6-10(8)16/h5-6,9H,2-4,7,18H2,1H3. The average molecular weight is 371 g/mol. The molecule has 0 bridgehead atoms. The first-order valence-electron chi connectivity index (χ1n) is 7.04. The molecule has 2 N–H and O–H groups in total. The lowest BCUT2D eigenvalue weighted by Gasteiger charge is -2.25. The minimum Gasteiger partial charge on any atom is -0.469 e. The quantitative estimate of drug-likeness (QED) is 0.655. The number of carbonyl (C=O) groups excluding carboxylic acids is 1. The number of anilines is 1. The number of fused-ring (bicyclic) bond motifs is 1. The van der Waals surface area contributed by atoms with Crippen LogP contribution in [0.15, 0.2) is 21.8 Å². The van der Waals surface area contributed by atoms with E-state index in [1.165, 1.54) is 13.2 Å². The molecule has 3 rings (SSSR count). The molecule has 1 aliphatic carbocycles. The third-order valence-corrected chi connectivity index (χ3v) is 5.07. The summed E-state index contributed by atoms with van der Waals surface area (Å²) >= 11 is 3.35. The molecule has 0 saturated heterocycles. The Hall–Kier alpha value is -1.63. The highest BCUT2D eigenvalue weighted by molar-refractivity contribution is 9.10. The second-order valence-electron chi connectivity index (χ2n) is 5.68. The van der Waals surface area contributed by atoms with Crippen molar-refractivity contribution in [2.45, 2.75) is 31.3 Å². The van der Waals surface area contributed by atoms with E-state index in [4.69, 9.17) is 15.3 Å². The van der Waals surface area contributed by atoms with Crippen LogP contribution in [0.2, 0.25) is 0 Å². The van der Waals surface area contributed by atoms with Crippen LogP contribution in [0.5, 0.6) is 0 Å². The van der Waals surface area contributed by atoms with Crippen molar-refractivity contribution in [3.8, 4) is 0 Å². The molecule has 2 unspecified atom stereocenters. The van der Waals surface area contributed by atoms with Gasteiger partial charge < -0.3 is 15.3 Å². The van der Waals surface area contributed by atoms with E-state index in [1.54, 1.807) is 6.07 Å². The minimum absolute atomic E-state index is 0.0206. The Morgan fingerprint density at radius 2 is 2.41 bits per heavy atom. The van der Waals surface area contributed by atoms with Gasteiger partial charge in [0, 0.05) is 16.0 Å². The number of esters is 1. The lowest BCUT2D eigenvalue weighted by atomic mass is 9.82. The molecule has 1 aromatic rings. The van der Waals surface area contributed by atoms with Gasteiger partial charge in [0.1, 0.15) is 5.82 Å². The number of benzene rings is 1. The van der Waals surface area contributed by atoms with Gasteiger partial charge in [0.05, 0.1) is 24.9 Å². The molecule has 7 heteroatoms. The molecule has 1 saturated carbocycles. The molecule has 2 aliphatic rings. The Morgan fingerprint density at radius 3 is 3.14 bits per heavy atom. The number of hydrogen-bond donors (Lipinski definition) is 1. The first kappa shape index (κ1) is 15.3. The van der Waals surface area contributed by atoms with Crippen molar-refractivity contribution in [2.75, 3.05) is 12.8 Å². The highest BCUT2D eigenvalue weighted by atomic mass is 79.9. The zero-order valence-electron chi connectivity index (χ0n) is 12.1. The van der Waals surface area contributed by atoms with Crippen LogP contribution in [0, 0.1) is 11.7 Å². The molecule has 1 fully saturated rings. The van der Waals surface area contributed by atoms with Crippen molar-refractivity contribution in [1.82, 2.24) is 0 Å². The third-order valence-electron chi connectivity index (χ3n) is 4.42. The molecular formula is C15H16BrFN2O3. The van der Waals surface area contributed by atoms with Crippen LogP contribution < -0.4 is 5.73 Å². The molecule has 118 valence electrons. The van der Waals surface area contributed by atoms with Gasteiger partial charge in [-0.3, -0.25) is 4.79 Å². The fourth-order valence-electron chi connectivity index (χ4n) is 3.30. The molecule has 5 nitrogen and oxygen atoms in total. The smallest absolute Gasteiger partial charge is 0.309 e. The molecule has 0 aromatic heterocycles.